The number of allylic oxidation sites excluding steroid dienone is 2. The van der Waals surface area contributed by atoms with Crippen LogP contribution < -0.4 is 9.47 Å². The van der Waals surface area contributed by atoms with Crippen LogP contribution in [0.3, 0.4) is 0 Å². The molecule has 0 aliphatic rings. The first-order valence-corrected chi connectivity index (χ1v) is 13.7. The maximum atomic E-state index is 10.7. The second-order valence-electron chi connectivity index (χ2n) is 8.37. The Bertz CT molecular complexity index is 957. The summed E-state index contributed by atoms with van der Waals surface area (Å²) in [6.07, 6.45) is 18.3. The second kappa shape index (κ2) is 14.7. The van der Waals surface area contributed by atoms with Crippen molar-refractivity contribution >= 4 is 28.0 Å². The van der Waals surface area contributed by atoms with Gasteiger partial charge in [-0.3, -0.25) is 4.55 Å². The average Bonchev–Trinajstić information content (AvgIpc) is 2.80. The fraction of sp³-hybridized carbons (Fsp3) is 0.444. The van der Waals surface area contributed by atoms with Crippen molar-refractivity contribution in [2.24, 2.45) is 0 Å². The molecule has 2 rings (SSSR count). The van der Waals surface area contributed by atoms with Crippen molar-refractivity contribution in [3.8, 4) is 0 Å². The van der Waals surface area contributed by atoms with Gasteiger partial charge in [0.2, 0.25) is 0 Å². The molecule has 0 saturated heterocycles. The van der Waals surface area contributed by atoms with Crippen molar-refractivity contribution < 1.29 is 17.5 Å². The van der Waals surface area contributed by atoms with Gasteiger partial charge in [0.05, 0.1) is 5.75 Å². The van der Waals surface area contributed by atoms with Crippen LogP contribution in [-0.4, -0.2) is 31.8 Å². The number of benzene rings is 1. The monoisotopic (exact) mass is 471 g/mol. The van der Waals surface area contributed by atoms with Crippen LogP contribution in [0.1, 0.15) is 63.5 Å². The standard InChI is InChI=1S/C27H38N2O3S/c1-3-5-20-29(21-6-4-2)27-15-13-25(14-16-27)11-7-8-12-26-17-22-28(23-18-26)19-9-10-24-33(30,31)32/h7-8,11-18,22-23H,3-6,9-10,19-21,24H2,1-2H3/p+1. The SMILES string of the molecule is CCCCN(CCCC)c1ccc(/C=C/C=C/c2cc[n+](CCCCS(=O)(=O)O)cc2)cc1. The van der Waals surface area contributed by atoms with E-state index in [4.69, 9.17) is 4.55 Å². The summed E-state index contributed by atoms with van der Waals surface area (Å²) in [7, 11) is -3.86. The van der Waals surface area contributed by atoms with E-state index in [0.717, 1.165) is 25.2 Å². The van der Waals surface area contributed by atoms with Gasteiger partial charge in [0.15, 0.2) is 12.4 Å². The molecule has 0 radical (unpaired) electrons. The molecule has 0 aliphatic heterocycles. The van der Waals surface area contributed by atoms with Crippen LogP contribution >= 0.6 is 0 Å². The maximum Gasteiger partial charge on any atom is 0.264 e. The number of hydrogen-bond donors (Lipinski definition) is 1. The number of unbranched alkanes of at least 4 members (excludes halogenated alkanes) is 3. The first kappa shape index (κ1) is 26.8. The second-order valence-corrected chi connectivity index (χ2v) is 9.94. The molecule has 1 heterocycles. The van der Waals surface area contributed by atoms with Gasteiger partial charge < -0.3 is 4.90 Å². The summed E-state index contributed by atoms with van der Waals surface area (Å²) < 4.78 is 32.3. The quantitative estimate of drug-likeness (QED) is 0.155. The summed E-state index contributed by atoms with van der Waals surface area (Å²) in [5.41, 5.74) is 3.59. The molecule has 0 aliphatic carbocycles. The van der Waals surface area contributed by atoms with Crippen LogP contribution in [0.5, 0.6) is 0 Å². The van der Waals surface area contributed by atoms with Crippen molar-refractivity contribution in [1.29, 1.82) is 0 Å². The predicted octanol–water partition coefficient (Wildman–Crippen LogP) is 5.78. The van der Waals surface area contributed by atoms with E-state index in [0.29, 0.717) is 12.8 Å². The van der Waals surface area contributed by atoms with Crippen molar-refractivity contribution in [2.45, 2.75) is 58.9 Å². The Balaban J connectivity index is 1.84. The van der Waals surface area contributed by atoms with E-state index in [1.165, 1.54) is 36.9 Å². The third-order valence-electron chi connectivity index (χ3n) is 5.50. The summed E-state index contributed by atoms with van der Waals surface area (Å²) in [6, 6.07) is 12.9. The Kier molecular flexibility index (Phi) is 11.9. The number of pyridine rings is 1. The molecule has 0 unspecified atom stereocenters. The van der Waals surface area contributed by atoms with E-state index in [-0.39, 0.29) is 5.75 Å². The van der Waals surface area contributed by atoms with E-state index in [9.17, 15) is 8.42 Å². The Morgan fingerprint density at radius 3 is 1.88 bits per heavy atom. The zero-order valence-electron chi connectivity index (χ0n) is 20.1. The fourth-order valence-electron chi connectivity index (χ4n) is 3.51. The lowest BCUT2D eigenvalue weighted by Gasteiger charge is -2.24. The van der Waals surface area contributed by atoms with Crippen molar-refractivity contribution in [3.05, 3.63) is 72.1 Å². The highest BCUT2D eigenvalue weighted by atomic mass is 32.2. The Morgan fingerprint density at radius 1 is 0.818 bits per heavy atom. The highest BCUT2D eigenvalue weighted by Crippen LogP contribution is 2.18. The van der Waals surface area contributed by atoms with Gasteiger partial charge in [-0.2, -0.15) is 8.42 Å². The lowest BCUT2D eigenvalue weighted by Crippen LogP contribution is -2.32. The minimum Gasteiger partial charge on any atom is -0.372 e. The van der Waals surface area contributed by atoms with E-state index >= 15 is 0 Å². The average molecular weight is 472 g/mol. The molecule has 0 fully saturated rings. The predicted molar refractivity (Wildman–Crippen MR) is 139 cm³/mol. The first-order chi connectivity index (χ1) is 15.9. The maximum absolute atomic E-state index is 10.7. The zero-order chi connectivity index (χ0) is 23.9. The van der Waals surface area contributed by atoms with Gasteiger partial charge in [0.1, 0.15) is 6.54 Å². The fourth-order valence-corrected chi connectivity index (χ4v) is 4.07. The number of aryl methyl sites for hydroxylation is 1. The summed E-state index contributed by atoms with van der Waals surface area (Å²) in [5, 5.41) is 0. The highest BCUT2D eigenvalue weighted by molar-refractivity contribution is 7.85. The normalized spacial score (nSPS) is 12.1. The van der Waals surface area contributed by atoms with E-state index in [1.54, 1.807) is 0 Å². The van der Waals surface area contributed by atoms with Crippen LogP contribution in [0.15, 0.2) is 60.9 Å². The number of aromatic nitrogens is 1. The van der Waals surface area contributed by atoms with Crippen molar-refractivity contribution in [2.75, 3.05) is 23.7 Å². The van der Waals surface area contributed by atoms with Crippen LogP contribution in [0.2, 0.25) is 0 Å². The summed E-state index contributed by atoms with van der Waals surface area (Å²) in [5.74, 6) is -0.181. The zero-order valence-corrected chi connectivity index (χ0v) is 20.9. The Labute approximate surface area is 200 Å². The smallest absolute Gasteiger partial charge is 0.264 e. The minimum atomic E-state index is -3.86. The van der Waals surface area contributed by atoms with Crippen LogP contribution in [0.25, 0.3) is 12.2 Å². The number of nitrogens with zero attached hydrogens (tertiary/aromatic N) is 2. The molecule has 0 bridgehead atoms. The molecule has 33 heavy (non-hydrogen) atoms. The lowest BCUT2D eigenvalue weighted by molar-refractivity contribution is -0.697. The van der Waals surface area contributed by atoms with Gasteiger partial charge in [-0.15, -0.1) is 0 Å². The molecule has 0 spiro atoms. The summed E-state index contributed by atoms with van der Waals surface area (Å²) in [6.45, 7) is 7.45. The van der Waals surface area contributed by atoms with Gasteiger partial charge in [0.25, 0.3) is 10.1 Å². The molecule has 0 amide bonds. The molecule has 180 valence electrons. The largest absolute Gasteiger partial charge is 0.372 e. The Morgan fingerprint density at radius 2 is 1.36 bits per heavy atom. The van der Waals surface area contributed by atoms with Gasteiger partial charge in [-0.1, -0.05) is 63.1 Å². The van der Waals surface area contributed by atoms with E-state index in [1.807, 2.05) is 35.2 Å². The minimum absolute atomic E-state index is 0.181. The lowest BCUT2D eigenvalue weighted by atomic mass is 10.1. The number of anilines is 1. The van der Waals surface area contributed by atoms with Gasteiger partial charge in [-0.05, 0) is 42.5 Å². The summed E-state index contributed by atoms with van der Waals surface area (Å²) >= 11 is 0. The molecule has 1 aromatic carbocycles. The van der Waals surface area contributed by atoms with Gasteiger partial charge in [-0.25, -0.2) is 4.57 Å². The van der Waals surface area contributed by atoms with Gasteiger partial charge in [0, 0.05) is 37.3 Å². The molecule has 1 aromatic heterocycles. The molecule has 1 N–H and O–H groups in total. The van der Waals surface area contributed by atoms with Crippen LogP contribution in [-0.2, 0) is 16.7 Å². The first-order valence-electron chi connectivity index (χ1n) is 12.1. The van der Waals surface area contributed by atoms with Gasteiger partial charge >= 0.3 is 0 Å². The molecular weight excluding hydrogens is 432 g/mol. The molecule has 6 heteroatoms. The van der Waals surface area contributed by atoms with Crippen molar-refractivity contribution in [1.82, 2.24) is 0 Å². The van der Waals surface area contributed by atoms with Crippen LogP contribution in [0, 0.1) is 0 Å². The van der Waals surface area contributed by atoms with E-state index < -0.39 is 10.1 Å². The highest BCUT2D eigenvalue weighted by Gasteiger charge is 2.06. The number of hydrogen-bond acceptors (Lipinski definition) is 3. The molecule has 0 saturated carbocycles. The molecule has 5 nitrogen and oxygen atoms in total. The van der Waals surface area contributed by atoms with E-state index in [2.05, 4.69) is 61.2 Å². The third-order valence-corrected chi connectivity index (χ3v) is 6.30. The molecule has 0 atom stereocenters. The molecular formula is C27H39N2O3S+. The van der Waals surface area contributed by atoms with Crippen molar-refractivity contribution in [3.63, 3.8) is 0 Å². The Hall–Kier alpha value is -2.44. The topological polar surface area (TPSA) is 61.5 Å². The molecule has 2 aromatic rings. The summed E-state index contributed by atoms with van der Waals surface area (Å²) in [4.78, 5) is 2.50. The third kappa shape index (κ3) is 11.3. The van der Waals surface area contributed by atoms with Crippen LogP contribution in [0.4, 0.5) is 5.69 Å². The number of rotatable bonds is 15.